The number of nitrogens with zero attached hydrogens (tertiary/aromatic N) is 2. The number of hydrogen-bond acceptors (Lipinski definition) is 4. The van der Waals surface area contributed by atoms with Gasteiger partial charge in [0.15, 0.2) is 5.13 Å². The van der Waals surface area contributed by atoms with Crippen LogP contribution in [0.25, 0.3) is 0 Å². The number of anilines is 1. The van der Waals surface area contributed by atoms with E-state index in [0.29, 0.717) is 24.2 Å². The number of carboxylic acids is 1. The molecule has 0 radical (unpaired) electrons. The predicted octanol–water partition coefficient (Wildman–Crippen LogP) is 3.03. The first kappa shape index (κ1) is 14.0. The normalized spacial score (nSPS) is 16.8. The van der Waals surface area contributed by atoms with Crippen LogP contribution < -0.4 is 4.90 Å². The Kier molecular flexibility index (Phi) is 3.63. The van der Waals surface area contributed by atoms with Crippen LogP contribution in [0.2, 0.25) is 0 Å². The number of fused-ring (bicyclic) bond motifs is 1. The minimum absolute atomic E-state index is 0.239. The molecule has 1 aliphatic carbocycles. The Morgan fingerprint density at radius 1 is 1.52 bits per heavy atom. The third kappa shape index (κ3) is 2.63. The van der Waals surface area contributed by atoms with Crippen molar-refractivity contribution in [2.24, 2.45) is 0 Å². The maximum atomic E-state index is 13.7. The van der Waals surface area contributed by atoms with E-state index in [1.807, 2.05) is 11.9 Å². The zero-order valence-electron chi connectivity index (χ0n) is 11.5. The van der Waals surface area contributed by atoms with Crippen LogP contribution in [-0.4, -0.2) is 23.1 Å². The smallest absolute Gasteiger partial charge is 0.312 e. The van der Waals surface area contributed by atoms with Gasteiger partial charge in [-0.15, -0.1) is 11.3 Å². The zero-order chi connectivity index (χ0) is 15.0. The van der Waals surface area contributed by atoms with Crippen LogP contribution in [-0.2, 0) is 17.8 Å². The summed E-state index contributed by atoms with van der Waals surface area (Å²) in [6.07, 6.45) is 1.39. The van der Waals surface area contributed by atoms with Crippen molar-refractivity contribution in [3.05, 3.63) is 46.2 Å². The minimum Gasteiger partial charge on any atom is -0.481 e. The van der Waals surface area contributed by atoms with Crippen molar-refractivity contribution in [3.63, 3.8) is 0 Å². The van der Waals surface area contributed by atoms with Gasteiger partial charge in [-0.05, 0) is 18.9 Å². The fraction of sp³-hybridized carbons (Fsp3) is 0.333. The van der Waals surface area contributed by atoms with Gasteiger partial charge in [0.25, 0.3) is 0 Å². The molecule has 0 saturated heterocycles. The van der Waals surface area contributed by atoms with Crippen molar-refractivity contribution < 1.29 is 14.3 Å². The molecule has 1 aromatic carbocycles. The Morgan fingerprint density at radius 3 is 3.00 bits per heavy atom. The van der Waals surface area contributed by atoms with Crippen LogP contribution in [0.5, 0.6) is 0 Å². The molecule has 0 amide bonds. The van der Waals surface area contributed by atoms with Crippen LogP contribution in [0, 0.1) is 5.82 Å². The first-order valence-electron chi connectivity index (χ1n) is 6.73. The second-order valence-corrected chi connectivity index (χ2v) is 6.24. The van der Waals surface area contributed by atoms with E-state index in [1.54, 1.807) is 18.2 Å². The van der Waals surface area contributed by atoms with E-state index in [1.165, 1.54) is 17.4 Å². The highest BCUT2D eigenvalue weighted by Crippen LogP contribution is 2.39. The molecule has 1 N–H and O–H groups in total. The van der Waals surface area contributed by atoms with Crippen molar-refractivity contribution in [1.29, 1.82) is 0 Å². The summed E-state index contributed by atoms with van der Waals surface area (Å²) in [4.78, 5) is 18.5. The largest absolute Gasteiger partial charge is 0.481 e. The Balaban J connectivity index is 1.81. The number of halogens is 1. The predicted molar refractivity (Wildman–Crippen MR) is 79.3 cm³/mol. The number of hydrogen-bond donors (Lipinski definition) is 1. The fourth-order valence-electron chi connectivity index (χ4n) is 2.57. The first-order valence-corrected chi connectivity index (χ1v) is 7.55. The highest BCUT2D eigenvalue weighted by molar-refractivity contribution is 7.15. The Morgan fingerprint density at radius 2 is 2.29 bits per heavy atom. The number of benzene rings is 1. The van der Waals surface area contributed by atoms with E-state index in [2.05, 4.69) is 4.98 Å². The molecule has 0 aliphatic heterocycles. The van der Waals surface area contributed by atoms with Crippen LogP contribution in [0.4, 0.5) is 9.52 Å². The fourth-order valence-corrected chi connectivity index (χ4v) is 3.66. The maximum absolute atomic E-state index is 13.7. The van der Waals surface area contributed by atoms with Gasteiger partial charge in [0.2, 0.25) is 0 Å². The zero-order valence-corrected chi connectivity index (χ0v) is 12.4. The van der Waals surface area contributed by atoms with Crippen molar-refractivity contribution >= 4 is 22.4 Å². The van der Waals surface area contributed by atoms with E-state index >= 15 is 0 Å². The molecule has 1 heterocycles. The molecular formula is C15H15FN2O2S. The van der Waals surface area contributed by atoms with Gasteiger partial charge < -0.3 is 10.0 Å². The summed E-state index contributed by atoms with van der Waals surface area (Å²) in [5.74, 6) is -1.55. The number of carbonyl (C=O) groups is 1. The molecule has 0 fully saturated rings. The maximum Gasteiger partial charge on any atom is 0.312 e. The SMILES string of the molecule is CN(Cc1ccccc1F)c1nc2c(s1)CCC2C(=O)O. The van der Waals surface area contributed by atoms with Gasteiger partial charge in [-0.3, -0.25) is 4.79 Å². The average molecular weight is 306 g/mol. The number of rotatable bonds is 4. The molecule has 0 bridgehead atoms. The highest BCUT2D eigenvalue weighted by atomic mass is 32.1. The molecule has 1 unspecified atom stereocenters. The number of thiazole rings is 1. The number of aromatic nitrogens is 1. The van der Waals surface area contributed by atoms with Crippen LogP contribution in [0.1, 0.15) is 28.5 Å². The number of carboxylic acid groups (broad SMARTS) is 1. The molecular weight excluding hydrogens is 291 g/mol. The summed E-state index contributed by atoms with van der Waals surface area (Å²) < 4.78 is 13.7. The lowest BCUT2D eigenvalue weighted by molar-refractivity contribution is -0.138. The lowest BCUT2D eigenvalue weighted by atomic mass is 10.1. The van der Waals surface area contributed by atoms with Gasteiger partial charge in [0.1, 0.15) is 11.7 Å². The molecule has 0 saturated carbocycles. The van der Waals surface area contributed by atoms with Crippen LogP contribution in [0.15, 0.2) is 24.3 Å². The Bertz CT molecular complexity index is 686. The van der Waals surface area contributed by atoms with Gasteiger partial charge in [-0.25, -0.2) is 9.37 Å². The standard InChI is InChI=1S/C15H15FN2O2S/c1-18(8-9-4-2-3-5-11(9)16)15-17-13-10(14(19)20)6-7-12(13)21-15/h2-5,10H,6-8H2,1H3,(H,19,20). The molecule has 4 nitrogen and oxygen atoms in total. The molecule has 110 valence electrons. The second-order valence-electron chi connectivity index (χ2n) is 5.18. The number of aryl methyl sites for hydroxylation is 1. The van der Waals surface area contributed by atoms with E-state index in [4.69, 9.17) is 0 Å². The molecule has 0 spiro atoms. The quantitative estimate of drug-likeness (QED) is 0.943. The van der Waals surface area contributed by atoms with Crippen molar-refractivity contribution in [2.45, 2.75) is 25.3 Å². The molecule has 2 aromatic rings. The van der Waals surface area contributed by atoms with E-state index in [9.17, 15) is 14.3 Å². The third-order valence-corrected chi connectivity index (χ3v) is 4.94. The van der Waals surface area contributed by atoms with Gasteiger partial charge in [-0.1, -0.05) is 18.2 Å². The lowest BCUT2D eigenvalue weighted by Gasteiger charge is -2.16. The van der Waals surface area contributed by atoms with E-state index < -0.39 is 11.9 Å². The monoisotopic (exact) mass is 306 g/mol. The Hall–Kier alpha value is -1.95. The summed E-state index contributed by atoms with van der Waals surface area (Å²) in [7, 11) is 1.84. The molecule has 1 aliphatic rings. The topological polar surface area (TPSA) is 53.4 Å². The highest BCUT2D eigenvalue weighted by Gasteiger charge is 2.32. The van der Waals surface area contributed by atoms with Gasteiger partial charge in [0.05, 0.1) is 5.69 Å². The van der Waals surface area contributed by atoms with Gasteiger partial charge >= 0.3 is 5.97 Å². The number of aliphatic carboxylic acids is 1. The lowest BCUT2D eigenvalue weighted by Crippen LogP contribution is -2.17. The van der Waals surface area contributed by atoms with Crippen molar-refractivity contribution in [3.8, 4) is 0 Å². The summed E-state index contributed by atoms with van der Waals surface area (Å²) in [6, 6.07) is 6.64. The first-order chi connectivity index (χ1) is 10.1. The summed E-state index contributed by atoms with van der Waals surface area (Å²) in [6.45, 7) is 0.413. The molecule has 1 atom stereocenters. The van der Waals surface area contributed by atoms with Gasteiger partial charge in [0, 0.05) is 24.0 Å². The van der Waals surface area contributed by atoms with Crippen LogP contribution >= 0.6 is 11.3 Å². The average Bonchev–Trinajstić information content (AvgIpc) is 3.00. The summed E-state index contributed by atoms with van der Waals surface area (Å²) >= 11 is 1.51. The summed E-state index contributed by atoms with van der Waals surface area (Å²) in [5, 5.41) is 9.93. The summed E-state index contributed by atoms with van der Waals surface area (Å²) in [5.41, 5.74) is 1.29. The molecule has 1 aromatic heterocycles. The second kappa shape index (κ2) is 5.44. The van der Waals surface area contributed by atoms with Crippen LogP contribution in [0.3, 0.4) is 0 Å². The minimum atomic E-state index is -0.817. The van der Waals surface area contributed by atoms with Gasteiger partial charge in [-0.2, -0.15) is 0 Å². The molecule has 21 heavy (non-hydrogen) atoms. The molecule has 3 rings (SSSR count). The third-order valence-electron chi connectivity index (χ3n) is 3.70. The molecule has 6 heteroatoms. The van der Waals surface area contributed by atoms with E-state index in [-0.39, 0.29) is 5.82 Å². The van der Waals surface area contributed by atoms with Crippen molar-refractivity contribution in [1.82, 2.24) is 4.98 Å². The van der Waals surface area contributed by atoms with E-state index in [0.717, 1.165) is 16.4 Å². The Labute approximate surface area is 125 Å². The van der Waals surface area contributed by atoms with Crippen molar-refractivity contribution in [2.75, 3.05) is 11.9 Å².